The van der Waals surface area contributed by atoms with Crippen LogP contribution in [-0.2, 0) is 10.0 Å². The smallest absolute Gasteiger partial charge is 0.244 e. The maximum atomic E-state index is 12.5. The summed E-state index contributed by atoms with van der Waals surface area (Å²) < 4.78 is 33.4. The van der Waals surface area contributed by atoms with Gasteiger partial charge in [0.15, 0.2) is 0 Å². The van der Waals surface area contributed by atoms with Crippen molar-refractivity contribution in [2.75, 3.05) is 11.4 Å². The Labute approximate surface area is 140 Å². The topological polar surface area (TPSA) is 82.4 Å². The summed E-state index contributed by atoms with van der Waals surface area (Å²) in [5, 5.41) is 8.81. The van der Waals surface area contributed by atoms with Gasteiger partial charge in [0.2, 0.25) is 10.0 Å². The van der Waals surface area contributed by atoms with E-state index >= 15 is 0 Å². The van der Waals surface area contributed by atoms with E-state index in [-0.39, 0.29) is 11.1 Å². The molecule has 122 valence electrons. The minimum atomic E-state index is -3.54. The van der Waals surface area contributed by atoms with Crippen LogP contribution in [0.2, 0.25) is 0 Å². The summed E-state index contributed by atoms with van der Waals surface area (Å²) >= 11 is 0. The van der Waals surface area contributed by atoms with E-state index in [1.165, 1.54) is 0 Å². The van der Waals surface area contributed by atoms with Crippen LogP contribution in [0, 0.1) is 11.3 Å². The minimum absolute atomic E-state index is 0.146. The fourth-order valence-electron chi connectivity index (χ4n) is 3.16. The number of nitriles is 1. The molecule has 6 nitrogen and oxygen atoms in total. The van der Waals surface area contributed by atoms with E-state index in [0.29, 0.717) is 17.1 Å². The molecule has 1 unspecified atom stereocenters. The summed E-state index contributed by atoms with van der Waals surface area (Å²) in [6.07, 6.45) is 1.64. The second-order valence-corrected chi connectivity index (χ2v) is 7.52. The number of sulfonamides is 1. The van der Waals surface area contributed by atoms with Crippen molar-refractivity contribution in [2.24, 2.45) is 0 Å². The molecule has 0 saturated carbocycles. The molecule has 0 aliphatic carbocycles. The van der Waals surface area contributed by atoms with E-state index in [1.807, 2.05) is 6.07 Å². The maximum Gasteiger partial charge on any atom is 0.244 e. The van der Waals surface area contributed by atoms with Gasteiger partial charge in [-0.15, -0.1) is 0 Å². The molecule has 0 spiro atoms. The summed E-state index contributed by atoms with van der Waals surface area (Å²) in [5.74, 6) is 0.996. The Morgan fingerprint density at radius 1 is 1.17 bits per heavy atom. The molecule has 2 aliphatic heterocycles. The molecule has 1 atom stereocenters. The Morgan fingerprint density at radius 3 is 2.67 bits per heavy atom. The average Bonchev–Trinajstić information content (AvgIpc) is 3.03. The van der Waals surface area contributed by atoms with Crippen molar-refractivity contribution in [1.82, 2.24) is 4.72 Å². The first-order valence-corrected chi connectivity index (χ1v) is 9.16. The molecule has 1 N–H and O–H groups in total. The van der Waals surface area contributed by atoms with Crippen LogP contribution < -0.4 is 14.4 Å². The third-order valence-corrected chi connectivity index (χ3v) is 5.78. The summed E-state index contributed by atoms with van der Waals surface area (Å²) in [7, 11) is -3.54. The molecule has 0 aromatic heterocycles. The number of hydrogen-bond donors (Lipinski definition) is 1. The zero-order valence-corrected chi connectivity index (χ0v) is 13.6. The van der Waals surface area contributed by atoms with Gasteiger partial charge < -0.3 is 9.64 Å². The van der Waals surface area contributed by atoms with Crippen molar-refractivity contribution in [1.29, 1.82) is 5.26 Å². The first kappa shape index (κ1) is 15.0. The minimum Gasteiger partial charge on any atom is -0.457 e. The lowest BCUT2D eigenvalue weighted by molar-refractivity contribution is 0.479. The summed E-state index contributed by atoms with van der Waals surface area (Å²) in [6, 6.07) is 13.8. The van der Waals surface area contributed by atoms with Gasteiger partial charge in [-0.05, 0) is 49.2 Å². The van der Waals surface area contributed by atoms with Gasteiger partial charge in [-0.25, -0.2) is 8.42 Å². The molecular formula is C17H15N3O3S. The predicted molar refractivity (Wildman–Crippen MR) is 88.4 cm³/mol. The molecule has 2 aliphatic rings. The Morgan fingerprint density at radius 2 is 1.92 bits per heavy atom. The predicted octanol–water partition coefficient (Wildman–Crippen LogP) is 2.57. The second-order valence-electron chi connectivity index (χ2n) is 5.84. The van der Waals surface area contributed by atoms with Gasteiger partial charge >= 0.3 is 0 Å². The van der Waals surface area contributed by atoms with Crippen molar-refractivity contribution in [3.63, 3.8) is 0 Å². The van der Waals surface area contributed by atoms with Crippen LogP contribution in [-0.4, -0.2) is 21.1 Å². The van der Waals surface area contributed by atoms with Crippen LogP contribution in [0.3, 0.4) is 0 Å². The van der Waals surface area contributed by atoms with Gasteiger partial charge in [-0.3, -0.25) is 0 Å². The fraction of sp³-hybridized carbons (Fsp3) is 0.235. The molecule has 2 aromatic carbocycles. The van der Waals surface area contributed by atoms with E-state index in [9.17, 15) is 8.42 Å². The third kappa shape index (κ3) is 2.50. The number of fused-ring (bicyclic) bond motifs is 3. The number of nitrogens with one attached hydrogen (secondary N) is 1. The molecule has 1 fully saturated rings. The molecule has 24 heavy (non-hydrogen) atoms. The van der Waals surface area contributed by atoms with Gasteiger partial charge in [-0.1, -0.05) is 0 Å². The van der Waals surface area contributed by atoms with Gasteiger partial charge in [0.1, 0.15) is 16.4 Å². The van der Waals surface area contributed by atoms with Crippen molar-refractivity contribution in [3.8, 4) is 17.6 Å². The highest BCUT2D eigenvalue weighted by Gasteiger charge is 2.37. The molecule has 0 radical (unpaired) electrons. The number of anilines is 1. The van der Waals surface area contributed by atoms with Crippen LogP contribution in [0.4, 0.5) is 5.69 Å². The van der Waals surface area contributed by atoms with Crippen LogP contribution in [0.15, 0.2) is 47.4 Å². The first-order valence-electron chi connectivity index (χ1n) is 7.68. The maximum absolute atomic E-state index is 12.5. The highest BCUT2D eigenvalue weighted by atomic mass is 32.2. The quantitative estimate of drug-likeness (QED) is 0.908. The molecule has 7 heteroatoms. The Balaban J connectivity index is 1.68. The molecule has 2 heterocycles. The lowest BCUT2D eigenvalue weighted by Gasteiger charge is -2.33. The van der Waals surface area contributed by atoms with Gasteiger partial charge in [-0.2, -0.15) is 9.98 Å². The highest BCUT2D eigenvalue weighted by Crippen LogP contribution is 2.38. The van der Waals surface area contributed by atoms with Crippen molar-refractivity contribution in [2.45, 2.75) is 23.9 Å². The van der Waals surface area contributed by atoms with E-state index in [1.54, 1.807) is 42.5 Å². The monoisotopic (exact) mass is 341 g/mol. The van der Waals surface area contributed by atoms with Crippen LogP contribution >= 0.6 is 0 Å². The van der Waals surface area contributed by atoms with Crippen LogP contribution in [0.25, 0.3) is 0 Å². The van der Waals surface area contributed by atoms with Crippen molar-refractivity contribution in [3.05, 3.63) is 48.0 Å². The summed E-state index contributed by atoms with van der Waals surface area (Å²) in [4.78, 5) is 2.33. The largest absolute Gasteiger partial charge is 0.457 e. The lowest BCUT2D eigenvalue weighted by atomic mass is 10.2. The van der Waals surface area contributed by atoms with E-state index in [4.69, 9.17) is 10.00 Å². The highest BCUT2D eigenvalue weighted by molar-refractivity contribution is 7.89. The van der Waals surface area contributed by atoms with Gasteiger partial charge in [0.25, 0.3) is 0 Å². The van der Waals surface area contributed by atoms with Crippen molar-refractivity contribution < 1.29 is 13.2 Å². The molecule has 0 amide bonds. The SMILES string of the molecule is N#Cc1ccc(Oc2ccc3c(c2)S(=O)(=O)NC2CCCN32)cc1. The van der Waals surface area contributed by atoms with E-state index < -0.39 is 10.0 Å². The Hall–Kier alpha value is -2.56. The van der Waals surface area contributed by atoms with E-state index in [0.717, 1.165) is 25.1 Å². The molecule has 0 bridgehead atoms. The Bertz CT molecular complexity index is 933. The number of hydrogen-bond acceptors (Lipinski definition) is 5. The van der Waals surface area contributed by atoms with Crippen LogP contribution in [0.1, 0.15) is 18.4 Å². The first-order chi connectivity index (χ1) is 11.6. The standard InChI is InChI=1S/C17H15N3O3S/c18-11-12-3-5-13(6-4-12)23-14-7-8-15-16(10-14)24(21,22)19-17-2-1-9-20(15)17/h3-8,10,17,19H,1-2,9H2. The van der Waals surface area contributed by atoms with Crippen LogP contribution in [0.5, 0.6) is 11.5 Å². The summed E-state index contributed by atoms with van der Waals surface area (Å²) in [6.45, 7) is 0.843. The molecule has 4 rings (SSSR count). The van der Waals surface area contributed by atoms with Crippen molar-refractivity contribution >= 4 is 15.7 Å². The number of ether oxygens (including phenoxy) is 1. The number of rotatable bonds is 2. The average molecular weight is 341 g/mol. The zero-order valence-electron chi connectivity index (χ0n) is 12.8. The number of benzene rings is 2. The third-order valence-electron chi connectivity index (χ3n) is 4.29. The fourth-order valence-corrected chi connectivity index (χ4v) is 4.63. The molecular weight excluding hydrogens is 326 g/mol. The van der Waals surface area contributed by atoms with Gasteiger partial charge in [0.05, 0.1) is 23.5 Å². The zero-order chi connectivity index (χ0) is 16.7. The molecule has 1 saturated heterocycles. The lowest BCUT2D eigenvalue weighted by Crippen LogP contribution is -2.48. The second kappa shape index (κ2) is 5.51. The van der Waals surface area contributed by atoms with E-state index in [2.05, 4.69) is 9.62 Å². The molecule has 2 aromatic rings. The number of nitrogens with zero attached hydrogens (tertiary/aromatic N) is 2. The normalized spacial score (nSPS) is 20.8. The summed E-state index contributed by atoms with van der Waals surface area (Å²) in [5.41, 5.74) is 1.27. The van der Waals surface area contributed by atoms with Gasteiger partial charge in [0, 0.05) is 12.6 Å². The Kier molecular flexibility index (Phi) is 3.44.